The Morgan fingerprint density at radius 1 is 0.840 bits per heavy atom. The third-order valence-electron chi connectivity index (χ3n) is 4.44. The Morgan fingerprint density at radius 2 is 1.56 bits per heavy atom. The number of fused-ring (bicyclic) bond motifs is 5. The van der Waals surface area contributed by atoms with E-state index in [0.717, 1.165) is 38.0 Å². The molecule has 0 atom stereocenters. The lowest BCUT2D eigenvalue weighted by Crippen LogP contribution is -1.99. The summed E-state index contributed by atoms with van der Waals surface area (Å²) in [5.74, 6) is 0.797. The summed E-state index contributed by atoms with van der Waals surface area (Å²) in [6.07, 6.45) is 0. The molecule has 0 saturated heterocycles. The van der Waals surface area contributed by atoms with Crippen LogP contribution in [0.15, 0.2) is 71.2 Å². The van der Waals surface area contributed by atoms with Gasteiger partial charge in [-0.25, -0.2) is 4.98 Å². The van der Waals surface area contributed by atoms with E-state index in [1.54, 1.807) is 0 Å². The van der Waals surface area contributed by atoms with Crippen molar-refractivity contribution in [1.29, 1.82) is 5.26 Å². The highest BCUT2D eigenvalue weighted by Gasteiger charge is 2.19. The molecule has 0 saturated carbocycles. The monoisotopic (exact) mass is 386 g/mol. The van der Waals surface area contributed by atoms with Crippen LogP contribution in [-0.4, -0.2) is 14.0 Å². The molecule has 0 aliphatic carbocycles. The molecule has 0 bridgehead atoms. The van der Waals surface area contributed by atoms with Gasteiger partial charge in [-0.15, -0.1) is 0 Å². The van der Waals surface area contributed by atoms with Gasteiger partial charge in [-0.3, -0.25) is 8.97 Å². The molecule has 2 aromatic heterocycles. The van der Waals surface area contributed by atoms with Crippen LogP contribution in [-0.2, 0) is 0 Å². The van der Waals surface area contributed by atoms with E-state index in [1.807, 2.05) is 48.5 Å². The fourth-order valence-electron chi connectivity index (χ4n) is 3.40. The lowest BCUT2D eigenvalue weighted by Gasteiger charge is -2.09. The SMILES string of the molecule is N#Cc1cccc(Br)c1-n1c2ccccc2n2c3ccccc3nc12. The Kier molecular flexibility index (Phi) is 2.97. The van der Waals surface area contributed by atoms with E-state index in [4.69, 9.17) is 4.98 Å². The lowest BCUT2D eigenvalue weighted by molar-refractivity contribution is 1.09. The maximum Gasteiger partial charge on any atom is 0.220 e. The van der Waals surface area contributed by atoms with Gasteiger partial charge in [0, 0.05) is 4.47 Å². The number of halogens is 1. The van der Waals surface area contributed by atoms with Crippen LogP contribution in [0.25, 0.3) is 33.5 Å². The summed E-state index contributed by atoms with van der Waals surface area (Å²) in [7, 11) is 0. The first-order valence-electron chi connectivity index (χ1n) is 7.85. The van der Waals surface area contributed by atoms with E-state index >= 15 is 0 Å². The summed E-state index contributed by atoms with van der Waals surface area (Å²) in [5, 5.41) is 9.61. The van der Waals surface area contributed by atoms with E-state index < -0.39 is 0 Å². The molecule has 5 heteroatoms. The molecule has 0 spiro atoms. The van der Waals surface area contributed by atoms with Gasteiger partial charge in [0.25, 0.3) is 0 Å². The quantitative estimate of drug-likeness (QED) is 0.403. The van der Waals surface area contributed by atoms with Crippen molar-refractivity contribution in [3.05, 3.63) is 76.8 Å². The average Bonchev–Trinajstić information content (AvgIpc) is 3.16. The molecule has 5 rings (SSSR count). The normalized spacial score (nSPS) is 11.4. The standard InChI is InChI=1S/C20H11BrN4/c21-14-7-5-6-13(12-22)19(14)25-18-11-4-3-10-17(18)24-16-9-2-1-8-15(16)23-20(24)25/h1-11H. The molecule has 0 unspecified atom stereocenters. The van der Waals surface area contributed by atoms with E-state index in [9.17, 15) is 5.26 Å². The summed E-state index contributed by atoms with van der Waals surface area (Å²) < 4.78 is 5.06. The predicted octanol–water partition coefficient (Wildman–Crippen LogP) is 5.07. The summed E-state index contributed by atoms with van der Waals surface area (Å²) >= 11 is 3.62. The first-order valence-corrected chi connectivity index (χ1v) is 8.64. The van der Waals surface area contributed by atoms with Crippen LogP contribution >= 0.6 is 15.9 Å². The van der Waals surface area contributed by atoms with E-state index in [2.05, 4.69) is 49.2 Å². The fraction of sp³-hybridized carbons (Fsp3) is 0. The van der Waals surface area contributed by atoms with Crippen LogP contribution in [0.5, 0.6) is 0 Å². The minimum atomic E-state index is 0.602. The van der Waals surface area contributed by atoms with Gasteiger partial charge in [0.1, 0.15) is 6.07 Å². The molecule has 0 amide bonds. The van der Waals surface area contributed by atoms with Gasteiger partial charge in [-0.1, -0.05) is 30.3 Å². The Labute approximate surface area is 151 Å². The molecule has 3 aromatic carbocycles. The summed E-state index contributed by atoms with van der Waals surface area (Å²) in [6.45, 7) is 0. The summed E-state index contributed by atoms with van der Waals surface area (Å²) in [5.41, 5.74) is 5.47. The molecule has 2 heterocycles. The second-order valence-corrected chi connectivity index (χ2v) is 6.66. The van der Waals surface area contributed by atoms with Crippen molar-refractivity contribution in [1.82, 2.24) is 14.0 Å². The van der Waals surface area contributed by atoms with Crippen LogP contribution < -0.4 is 0 Å². The second-order valence-electron chi connectivity index (χ2n) is 5.81. The van der Waals surface area contributed by atoms with E-state index in [-0.39, 0.29) is 0 Å². The molecule has 0 aliphatic heterocycles. The Hall–Kier alpha value is -3.10. The number of aromatic nitrogens is 3. The molecule has 0 radical (unpaired) electrons. The zero-order valence-electron chi connectivity index (χ0n) is 13.0. The third-order valence-corrected chi connectivity index (χ3v) is 5.08. The van der Waals surface area contributed by atoms with E-state index in [1.165, 1.54) is 0 Å². The van der Waals surface area contributed by atoms with Crippen LogP contribution in [0.1, 0.15) is 5.56 Å². The molecular formula is C20H11BrN4. The van der Waals surface area contributed by atoms with Crippen LogP contribution in [0, 0.1) is 11.3 Å². The van der Waals surface area contributed by atoms with Gasteiger partial charge in [-0.2, -0.15) is 5.26 Å². The number of imidazole rings is 2. The molecule has 5 aromatic rings. The highest BCUT2D eigenvalue weighted by molar-refractivity contribution is 9.10. The van der Waals surface area contributed by atoms with Gasteiger partial charge in [0.2, 0.25) is 5.78 Å². The van der Waals surface area contributed by atoms with Crippen molar-refractivity contribution in [2.45, 2.75) is 0 Å². The first-order chi connectivity index (χ1) is 12.3. The zero-order valence-corrected chi connectivity index (χ0v) is 14.6. The molecular weight excluding hydrogens is 376 g/mol. The Morgan fingerprint density at radius 3 is 2.36 bits per heavy atom. The van der Waals surface area contributed by atoms with Crippen LogP contribution in [0.2, 0.25) is 0 Å². The van der Waals surface area contributed by atoms with Gasteiger partial charge < -0.3 is 0 Å². The van der Waals surface area contributed by atoms with Crippen molar-refractivity contribution in [2.24, 2.45) is 0 Å². The number of para-hydroxylation sites is 5. The molecule has 118 valence electrons. The highest BCUT2D eigenvalue weighted by Crippen LogP contribution is 2.33. The smallest absolute Gasteiger partial charge is 0.220 e. The maximum absolute atomic E-state index is 9.61. The third kappa shape index (κ3) is 1.89. The summed E-state index contributed by atoms with van der Waals surface area (Å²) in [6, 6.07) is 24.2. The lowest BCUT2D eigenvalue weighted by atomic mass is 10.2. The minimum absolute atomic E-state index is 0.602. The topological polar surface area (TPSA) is 46.0 Å². The molecule has 4 nitrogen and oxygen atoms in total. The van der Waals surface area contributed by atoms with Crippen LogP contribution in [0.4, 0.5) is 0 Å². The van der Waals surface area contributed by atoms with Gasteiger partial charge in [-0.05, 0) is 52.3 Å². The second kappa shape index (κ2) is 5.20. The average molecular weight is 387 g/mol. The number of nitriles is 1. The van der Waals surface area contributed by atoms with Crippen molar-refractivity contribution < 1.29 is 0 Å². The zero-order chi connectivity index (χ0) is 17.0. The number of hydrogen-bond acceptors (Lipinski definition) is 2. The number of benzene rings is 3. The van der Waals surface area contributed by atoms with Crippen LogP contribution in [0.3, 0.4) is 0 Å². The van der Waals surface area contributed by atoms with Crippen molar-refractivity contribution >= 4 is 43.8 Å². The highest BCUT2D eigenvalue weighted by atomic mass is 79.9. The molecule has 0 N–H and O–H groups in total. The Balaban J connectivity index is 2.08. The fourth-order valence-corrected chi connectivity index (χ4v) is 3.95. The van der Waals surface area contributed by atoms with E-state index in [0.29, 0.717) is 5.56 Å². The maximum atomic E-state index is 9.61. The van der Waals surface area contributed by atoms with Gasteiger partial charge in [0.15, 0.2) is 0 Å². The number of hydrogen-bond donors (Lipinski definition) is 0. The first kappa shape index (κ1) is 14.3. The van der Waals surface area contributed by atoms with Gasteiger partial charge in [0.05, 0.1) is 33.3 Å². The number of rotatable bonds is 1. The van der Waals surface area contributed by atoms with Crippen molar-refractivity contribution in [3.63, 3.8) is 0 Å². The number of nitrogens with zero attached hydrogens (tertiary/aromatic N) is 4. The van der Waals surface area contributed by atoms with Gasteiger partial charge >= 0.3 is 0 Å². The minimum Gasteiger partial charge on any atom is -0.276 e. The predicted molar refractivity (Wildman–Crippen MR) is 102 cm³/mol. The van der Waals surface area contributed by atoms with Crippen molar-refractivity contribution in [2.75, 3.05) is 0 Å². The largest absolute Gasteiger partial charge is 0.276 e. The molecule has 25 heavy (non-hydrogen) atoms. The molecule has 0 aliphatic rings. The molecule has 0 fully saturated rings. The Bertz CT molecular complexity index is 1320. The summed E-state index contributed by atoms with van der Waals surface area (Å²) in [4.78, 5) is 4.84. The van der Waals surface area contributed by atoms with Crippen molar-refractivity contribution in [3.8, 4) is 11.8 Å².